The molecule has 0 aromatic heterocycles. The summed E-state index contributed by atoms with van der Waals surface area (Å²) in [5, 5.41) is 12.7. The molecule has 3 heteroatoms. The zero-order chi connectivity index (χ0) is 15.3. The smallest absolute Gasteiger partial charge is 0.309 e. The molecule has 2 N–H and O–H groups in total. The summed E-state index contributed by atoms with van der Waals surface area (Å²) in [5.41, 5.74) is 0.830. The Morgan fingerprint density at radius 3 is 2.38 bits per heavy atom. The van der Waals surface area contributed by atoms with Crippen LogP contribution in [0, 0.1) is 5.41 Å². The van der Waals surface area contributed by atoms with E-state index in [-0.39, 0.29) is 0 Å². The van der Waals surface area contributed by atoms with Crippen molar-refractivity contribution in [1.29, 1.82) is 0 Å². The summed E-state index contributed by atoms with van der Waals surface area (Å²) < 4.78 is 0. The van der Waals surface area contributed by atoms with Gasteiger partial charge in [0, 0.05) is 6.04 Å². The molecule has 0 aliphatic heterocycles. The first-order valence-corrected chi connectivity index (χ1v) is 8.01. The molecule has 0 spiro atoms. The van der Waals surface area contributed by atoms with Gasteiger partial charge < -0.3 is 10.4 Å². The molecule has 1 aliphatic rings. The largest absolute Gasteiger partial charge is 0.481 e. The predicted octanol–water partition coefficient (Wildman–Crippen LogP) is 3.80. The van der Waals surface area contributed by atoms with Gasteiger partial charge in [-0.05, 0) is 64.0 Å². The Morgan fingerprint density at radius 1 is 1.19 bits per heavy atom. The second-order valence-corrected chi connectivity index (χ2v) is 6.85. The predicted molar refractivity (Wildman–Crippen MR) is 85.5 cm³/mol. The fourth-order valence-electron chi connectivity index (χ4n) is 3.05. The van der Waals surface area contributed by atoms with E-state index in [0.29, 0.717) is 18.4 Å². The molecule has 0 amide bonds. The lowest BCUT2D eigenvalue weighted by atomic mass is 9.81. The number of hydrogen-bond acceptors (Lipinski definition) is 2. The van der Waals surface area contributed by atoms with Gasteiger partial charge in [-0.25, -0.2) is 0 Å². The Kier molecular flexibility index (Phi) is 5.40. The van der Waals surface area contributed by atoms with Crippen molar-refractivity contribution < 1.29 is 9.90 Å². The SMILES string of the molecule is CC(C)(CCNC1CCC(c2ccccc2)CC1)C(=O)O. The van der Waals surface area contributed by atoms with Crippen LogP contribution in [0.25, 0.3) is 0 Å². The Morgan fingerprint density at radius 2 is 1.81 bits per heavy atom. The molecular formula is C18H27NO2. The van der Waals surface area contributed by atoms with Crippen molar-refractivity contribution in [1.82, 2.24) is 5.32 Å². The van der Waals surface area contributed by atoms with Crippen molar-refractivity contribution in [3.8, 4) is 0 Å². The summed E-state index contributed by atoms with van der Waals surface area (Å²) in [6.45, 7) is 4.38. The average molecular weight is 289 g/mol. The van der Waals surface area contributed by atoms with Crippen LogP contribution in [0.4, 0.5) is 0 Å². The van der Waals surface area contributed by atoms with Crippen LogP contribution in [0.15, 0.2) is 30.3 Å². The molecule has 0 unspecified atom stereocenters. The number of hydrogen-bond donors (Lipinski definition) is 2. The van der Waals surface area contributed by atoms with E-state index in [1.165, 1.54) is 31.2 Å². The highest BCUT2D eigenvalue weighted by Gasteiger charge is 2.27. The van der Waals surface area contributed by atoms with E-state index >= 15 is 0 Å². The zero-order valence-electron chi connectivity index (χ0n) is 13.1. The van der Waals surface area contributed by atoms with Gasteiger partial charge in [-0.2, -0.15) is 0 Å². The van der Waals surface area contributed by atoms with Crippen LogP contribution in [-0.2, 0) is 4.79 Å². The van der Waals surface area contributed by atoms with Crippen LogP contribution in [0.3, 0.4) is 0 Å². The molecule has 0 bridgehead atoms. The second kappa shape index (κ2) is 7.08. The van der Waals surface area contributed by atoms with E-state index in [9.17, 15) is 4.79 Å². The molecule has 0 saturated heterocycles. The van der Waals surface area contributed by atoms with Crippen molar-refractivity contribution in [3.05, 3.63) is 35.9 Å². The van der Waals surface area contributed by atoms with E-state index in [2.05, 4.69) is 35.6 Å². The van der Waals surface area contributed by atoms with Crippen LogP contribution < -0.4 is 5.32 Å². The van der Waals surface area contributed by atoms with Crippen molar-refractivity contribution in [2.24, 2.45) is 5.41 Å². The first-order valence-electron chi connectivity index (χ1n) is 8.01. The van der Waals surface area contributed by atoms with Crippen LogP contribution in [-0.4, -0.2) is 23.7 Å². The minimum atomic E-state index is -0.711. The van der Waals surface area contributed by atoms with Gasteiger partial charge in [-0.15, -0.1) is 0 Å². The molecule has 2 rings (SSSR count). The molecule has 116 valence electrons. The van der Waals surface area contributed by atoms with Crippen molar-refractivity contribution >= 4 is 5.97 Å². The standard InChI is InChI=1S/C18H27NO2/c1-18(2,17(20)21)12-13-19-16-10-8-15(9-11-16)14-6-4-3-5-7-14/h3-7,15-16,19H,8-13H2,1-2H3,(H,20,21). The third-order valence-electron chi connectivity index (χ3n) is 4.76. The molecular weight excluding hydrogens is 262 g/mol. The number of carbonyl (C=O) groups is 1. The van der Waals surface area contributed by atoms with Gasteiger partial charge in [0.05, 0.1) is 5.41 Å². The molecule has 0 atom stereocenters. The first kappa shape index (κ1) is 16.0. The van der Waals surface area contributed by atoms with Gasteiger partial charge in [-0.1, -0.05) is 30.3 Å². The van der Waals surface area contributed by atoms with Crippen molar-refractivity contribution in [2.45, 2.75) is 57.9 Å². The highest BCUT2D eigenvalue weighted by molar-refractivity contribution is 5.73. The monoisotopic (exact) mass is 289 g/mol. The minimum Gasteiger partial charge on any atom is -0.481 e. The van der Waals surface area contributed by atoms with Crippen molar-refractivity contribution in [2.75, 3.05) is 6.54 Å². The molecule has 1 saturated carbocycles. The number of rotatable bonds is 6. The van der Waals surface area contributed by atoms with Crippen LogP contribution in [0.5, 0.6) is 0 Å². The van der Waals surface area contributed by atoms with Crippen molar-refractivity contribution in [3.63, 3.8) is 0 Å². The minimum absolute atomic E-state index is 0.551. The molecule has 3 nitrogen and oxygen atoms in total. The van der Waals surface area contributed by atoms with Gasteiger partial charge in [0.25, 0.3) is 0 Å². The quantitative estimate of drug-likeness (QED) is 0.837. The van der Waals surface area contributed by atoms with E-state index in [1.54, 1.807) is 13.8 Å². The maximum absolute atomic E-state index is 11.1. The maximum atomic E-state index is 11.1. The number of carboxylic acid groups (broad SMARTS) is 1. The van der Waals surface area contributed by atoms with Crippen LogP contribution in [0.2, 0.25) is 0 Å². The molecule has 1 aliphatic carbocycles. The third kappa shape index (κ3) is 4.57. The molecule has 21 heavy (non-hydrogen) atoms. The Balaban J connectivity index is 1.71. The number of benzene rings is 1. The Labute approximate surface area is 127 Å². The lowest BCUT2D eigenvalue weighted by Gasteiger charge is -2.30. The normalized spacial score (nSPS) is 23.0. The van der Waals surface area contributed by atoms with Gasteiger partial charge in [-0.3, -0.25) is 4.79 Å². The highest BCUT2D eigenvalue weighted by atomic mass is 16.4. The number of aliphatic carboxylic acids is 1. The van der Waals surface area contributed by atoms with Gasteiger partial charge in [0.15, 0.2) is 0 Å². The summed E-state index contributed by atoms with van der Waals surface area (Å²) in [4.78, 5) is 11.1. The molecule has 1 aromatic rings. The molecule has 0 radical (unpaired) electrons. The van der Waals surface area contributed by atoms with Crippen LogP contribution >= 0.6 is 0 Å². The zero-order valence-corrected chi connectivity index (χ0v) is 13.1. The summed E-state index contributed by atoms with van der Waals surface area (Å²) >= 11 is 0. The maximum Gasteiger partial charge on any atom is 0.309 e. The summed E-state index contributed by atoms with van der Waals surface area (Å²) in [6, 6.07) is 11.3. The molecule has 0 heterocycles. The fraction of sp³-hybridized carbons (Fsp3) is 0.611. The Hall–Kier alpha value is -1.35. The third-order valence-corrected chi connectivity index (χ3v) is 4.76. The summed E-state index contributed by atoms with van der Waals surface area (Å²) in [5.74, 6) is -0.0169. The van der Waals surface area contributed by atoms with Gasteiger partial charge in [0.2, 0.25) is 0 Å². The number of carboxylic acids is 1. The first-order chi connectivity index (χ1) is 9.99. The van der Waals surface area contributed by atoms with Gasteiger partial charge in [0.1, 0.15) is 0 Å². The van der Waals surface area contributed by atoms with Crippen LogP contribution in [0.1, 0.15) is 57.4 Å². The van der Waals surface area contributed by atoms with Gasteiger partial charge >= 0.3 is 5.97 Å². The molecule has 1 aromatic carbocycles. The lowest BCUT2D eigenvalue weighted by Crippen LogP contribution is -2.36. The molecule has 1 fully saturated rings. The van der Waals surface area contributed by atoms with E-state index < -0.39 is 11.4 Å². The van der Waals surface area contributed by atoms with E-state index in [4.69, 9.17) is 5.11 Å². The highest BCUT2D eigenvalue weighted by Crippen LogP contribution is 2.32. The fourth-order valence-corrected chi connectivity index (χ4v) is 3.05. The average Bonchev–Trinajstić information content (AvgIpc) is 2.48. The summed E-state index contributed by atoms with van der Waals surface area (Å²) in [7, 11) is 0. The lowest BCUT2D eigenvalue weighted by molar-refractivity contribution is -0.147. The second-order valence-electron chi connectivity index (χ2n) is 6.85. The summed E-state index contributed by atoms with van der Waals surface area (Å²) in [6.07, 6.45) is 5.51. The van der Waals surface area contributed by atoms with E-state index in [1.807, 2.05) is 0 Å². The van der Waals surface area contributed by atoms with E-state index in [0.717, 1.165) is 6.54 Å². The number of nitrogens with one attached hydrogen (secondary N) is 1. The topological polar surface area (TPSA) is 49.3 Å². The Bertz CT molecular complexity index is 448.